The first-order valence-corrected chi connectivity index (χ1v) is 25.7. The molecule has 0 aliphatic heterocycles. The Labute approximate surface area is 493 Å². The van der Waals surface area contributed by atoms with Crippen molar-refractivity contribution >= 4 is 66.5 Å². The Hall–Kier alpha value is -10.1. The van der Waals surface area contributed by atoms with E-state index >= 15 is 0 Å². The number of benzene rings is 8. The number of ketones is 8. The minimum absolute atomic E-state index is 0. The second-order valence-corrected chi connectivity index (χ2v) is 20.4. The second kappa shape index (κ2) is 22.4. The fourth-order valence-corrected chi connectivity index (χ4v) is 10.6. The van der Waals surface area contributed by atoms with Gasteiger partial charge in [-0.1, -0.05) is 104 Å². The van der Waals surface area contributed by atoms with Crippen LogP contribution >= 0.6 is 0 Å². The number of hydrogen-bond donors (Lipinski definition) is 10. The SMILES string of the molecule is C.O=C1c2ccccc2C(=O)c2c(O)c(O)cc(O)c21.O=C1c2ccccc2C(=O)c2c(O)c(S(=O)(=O)[O-])c(O)c(O)c21.O=C1c2ccccc2C(=O)c2c1cc(S(=O)(=O)[O-])c(O)c2O.O=C1c2ccccc2C(=O)c2c1ccc(O)c2O.[Na+]. The van der Waals surface area contributed by atoms with Gasteiger partial charge in [-0.25, -0.2) is 16.8 Å². The van der Waals surface area contributed by atoms with E-state index in [1.165, 1.54) is 78.9 Å². The predicted octanol–water partition coefficient (Wildman–Crippen LogP) is 2.35. The van der Waals surface area contributed by atoms with Gasteiger partial charge in [0.25, 0.3) is 0 Å². The molecule has 84 heavy (non-hydrogen) atoms. The molecule has 27 heteroatoms. The van der Waals surface area contributed by atoms with Crippen LogP contribution in [0.15, 0.2) is 131 Å². The molecule has 8 aromatic rings. The largest absolute Gasteiger partial charge is 1.00 e. The van der Waals surface area contributed by atoms with Crippen LogP contribution in [0.25, 0.3) is 0 Å². The summed E-state index contributed by atoms with van der Waals surface area (Å²) in [6, 6.07) is 27.8. The summed E-state index contributed by atoms with van der Waals surface area (Å²) in [6.45, 7) is 0. The van der Waals surface area contributed by atoms with E-state index in [1.807, 2.05) is 0 Å². The smallest absolute Gasteiger partial charge is 0.744 e. The minimum Gasteiger partial charge on any atom is -0.744 e. The standard InChI is InChI=1S/C14H8O8S.C14H8O7S.C14H8O5.C14H8O4.CH4.Na/c15-9-5-3-1-2-4-6(5)10(16)8-7(9)11(17)13(19)14(12(8)18)23(20,21)22;15-11-6-3-1-2-4-7(6)12(16)10-8(11)5-9(22(19,20)21)13(17)14(10)18;15-8-5-9(16)14(19)11-10(8)12(17)6-3-1-2-4-7(6)13(11)18;15-10-6-5-9-11(14(10)18)13(17)8-4-2-1-3-7(8)12(9)16;;/h1-4,17-19H,(H,20,21,22);1-5,17-18H,(H,19,20,21);1-5,15-16,19H;1-6,15,18H;1H4;/q;;;;;+1/p-2. The van der Waals surface area contributed by atoms with Crippen LogP contribution in [0.2, 0.25) is 0 Å². The minimum atomic E-state index is -5.41. The number of fused-ring (bicyclic) bond motifs is 8. The van der Waals surface area contributed by atoms with Crippen molar-refractivity contribution in [1.29, 1.82) is 0 Å². The van der Waals surface area contributed by atoms with E-state index < -0.39 is 150 Å². The fraction of sp³-hybridized carbons (Fsp3) is 0.0175. The molecule has 0 radical (unpaired) electrons. The van der Waals surface area contributed by atoms with E-state index in [9.17, 15) is 115 Å². The maximum absolute atomic E-state index is 12.4. The van der Waals surface area contributed by atoms with E-state index in [1.54, 1.807) is 30.3 Å². The van der Waals surface area contributed by atoms with Crippen molar-refractivity contribution in [2.45, 2.75) is 17.2 Å². The number of phenolic OH excluding ortho intramolecular Hbond substituents is 10. The maximum Gasteiger partial charge on any atom is 1.00 e. The third kappa shape index (κ3) is 9.93. The van der Waals surface area contributed by atoms with Crippen LogP contribution in [0.5, 0.6) is 57.5 Å². The molecule has 0 saturated heterocycles. The number of aromatic hydroxyl groups is 10. The summed E-state index contributed by atoms with van der Waals surface area (Å²) < 4.78 is 66.8. The molecule has 420 valence electrons. The Morgan fingerprint density at radius 3 is 0.976 bits per heavy atom. The Kier molecular flexibility index (Phi) is 16.4. The van der Waals surface area contributed by atoms with Gasteiger partial charge in [0.05, 0.1) is 33.4 Å². The zero-order valence-corrected chi connectivity index (χ0v) is 45.2. The molecule has 0 aromatic heterocycles. The molecule has 0 heterocycles. The molecule has 4 aliphatic rings. The molecule has 24 nitrogen and oxygen atoms in total. The summed E-state index contributed by atoms with van der Waals surface area (Å²) in [5.74, 6) is -14.5. The van der Waals surface area contributed by atoms with Gasteiger partial charge < -0.3 is 60.2 Å². The first-order valence-electron chi connectivity index (χ1n) is 22.9. The maximum atomic E-state index is 12.4. The number of phenols is 10. The molecule has 10 N–H and O–H groups in total. The number of carbonyl (C=O) groups is 8. The van der Waals surface area contributed by atoms with Gasteiger partial charge in [0.1, 0.15) is 41.5 Å². The summed E-state index contributed by atoms with van der Waals surface area (Å²) in [4.78, 5) is 95.6. The van der Waals surface area contributed by atoms with Crippen molar-refractivity contribution in [3.8, 4) is 57.5 Å². The average Bonchev–Trinajstić information content (AvgIpc) is 0.891. The van der Waals surface area contributed by atoms with Crippen molar-refractivity contribution in [2.24, 2.45) is 0 Å². The van der Waals surface area contributed by atoms with Crippen LogP contribution in [0.4, 0.5) is 0 Å². The van der Waals surface area contributed by atoms with Gasteiger partial charge in [-0.3, -0.25) is 38.4 Å². The van der Waals surface area contributed by atoms with Crippen LogP contribution in [0.3, 0.4) is 0 Å². The molecule has 0 atom stereocenters. The third-order valence-electron chi connectivity index (χ3n) is 13.1. The van der Waals surface area contributed by atoms with Gasteiger partial charge in [-0.15, -0.1) is 0 Å². The van der Waals surface area contributed by atoms with Crippen molar-refractivity contribution in [1.82, 2.24) is 0 Å². The summed E-state index contributed by atoms with van der Waals surface area (Å²) in [5.41, 5.74) is -2.48. The van der Waals surface area contributed by atoms with Gasteiger partial charge in [0, 0.05) is 61.7 Å². The molecule has 0 spiro atoms. The monoisotopic (exact) mass is 1190 g/mol. The molecule has 0 saturated carbocycles. The van der Waals surface area contributed by atoms with Crippen LogP contribution in [0.1, 0.15) is 135 Å². The Bertz CT molecular complexity index is 4560. The summed E-state index contributed by atoms with van der Waals surface area (Å²) in [7, 11) is -10.5. The van der Waals surface area contributed by atoms with Crippen molar-refractivity contribution in [2.75, 3.05) is 0 Å². The molecule has 0 fully saturated rings. The van der Waals surface area contributed by atoms with E-state index in [0.717, 1.165) is 6.07 Å². The molecular weight excluding hydrogens is 1160 g/mol. The Balaban J connectivity index is 0.000000160. The Morgan fingerprint density at radius 1 is 0.274 bits per heavy atom. The van der Waals surface area contributed by atoms with E-state index in [4.69, 9.17) is 0 Å². The van der Waals surface area contributed by atoms with Crippen LogP contribution < -0.4 is 29.6 Å². The number of carbonyl (C=O) groups excluding carboxylic acids is 8. The molecule has 0 bridgehead atoms. The second-order valence-electron chi connectivity index (χ2n) is 17.7. The van der Waals surface area contributed by atoms with E-state index in [0.29, 0.717) is 11.6 Å². The number of rotatable bonds is 2. The van der Waals surface area contributed by atoms with E-state index in [2.05, 4.69) is 0 Å². The molecule has 0 amide bonds. The summed E-state index contributed by atoms with van der Waals surface area (Å²) in [5, 5.41) is 97.1. The fourth-order valence-electron chi connectivity index (χ4n) is 9.31. The van der Waals surface area contributed by atoms with E-state index in [-0.39, 0.29) is 104 Å². The normalized spacial score (nSPS) is 13.1. The van der Waals surface area contributed by atoms with Crippen LogP contribution in [0, 0.1) is 0 Å². The summed E-state index contributed by atoms with van der Waals surface area (Å²) in [6.07, 6.45) is 0. The first kappa shape index (κ1) is 61.6. The topological polar surface area (TPSA) is 453 Å². The number of hydrogen-bond acceptors (Lipinski definition) is 24. The van der Waals surface area contributed by atoms with Crippen molar-refractivity contribution in [3.05, 3.63) is 210 Å². The van der Waals surface area contributed by atoms with Crippen LogP contribution in [-0.2, 0) is 20.2 Å². The molecule has 0 unspecified atom stereocenters. The van der Waals surface area contributed by atoms with Gasteiger partial charge in [0.15, 0.2) is 92.3 Å². The Morgan fingerprint density at radius 2 is 0.583 bits per heavy atom. The molecule has 12 rings (SSSR count). The first-order chi connectivity index (χ1) is 38.5. The van der Waals surface area contributed by atoms with Crippen molar-refractivity contribution in [3.63, 3.8) is 0 Å². The summed E-state index contributed by atoms with van der Waals surface area (Å²) >= 11 is 0. The predicted molar refractivity (Wildman–Crippen MR) is 278 cm³/mol. The quantitative estimate of drug-likeness (QED) is 0.0514. The third-order valence-corrected chi connectivity index (χ3v) is 14.8. The molecular formula is C57H34NaO24S2-. The van der Waals surface area contributed by atoms with Gasteiger partial charge >= 0.3 is 29.6 Å². The molecule has 8 aromatic carbocycles. The van der Waals surface area contributed by atoms with Crippen molar-refractivity contribution < 1.29 is 145 Å². The van der Waals surface area contributed by atoms with Gasteiger partial charge in [-0.05, 0) is 18.2 Å². The average molecular weight is 1190 g/mol. The zero-order chi connectivity index (χ0) is 59.9. The zero-order valence-electron chi connectivity index (χ0n) is 41.6. The molecule has 4 aliphatic carbocycles. The van der Waals surface area contributed by atoms with Gasteiger partial charge in [0.2, 0.25) is 0 Å². The van der Waals surface area contributed by atoms with Crippen LogP contribution in [-0.4, -0.2) is 123 Å². The van der Waals surface area contributed by atoms with Gasteiger partial charge in [-0.2, -0.15) is 0 Å².